The van der Waals surface area contributed by atoms with Crippen molar-refractivity contribution in [3.63, 3.8) is 0 Å². The van der Waals surface area contributed by atoms with Crippen molar-refractivity contribution in [2.75, 3.05) is 7.11 Å². The molecule has 0 radical (unpaired) electrons. The fourth-order valence-electron chi connectivity index (χ4n) is 2.03. The Bertz CT molecular complexity index is 793. The molecule has 0 saturated heterocycles. The fourth-order valence-corrected chi connectivity index (χ4v) is 2.03. The molecule has 4 nitrogen and oxygen atoms in total. The molecule has 2 heterocycles. The minimum absolute atomic E-state index is 0.113. The van der Waals surface area contributed by atoms with Crippen LogP contribution in [0, 0.1) is 0 Å². The van der Waals surface area contributed by atoms with E-state index >= 15 is 0 Å². The first kappa shape index (κ1) is 11.5. The van der Waals surface area contributed by atoms with Crippen molar-refractivity contribution in [1.29, 1.82) is 0 Å². The number of hydrogen-bond acceptors (Lipinski definition) is 3. The summed E-state index contributed by atoms with van der Waals surface area (Å²) in [5, 5.41) is 1.57. The molecule has 94 valence electrons. The molecule has 3 rings (SSSR count). The van der Waals surface area contributed by atoms with Gasteiger partial charge < -0.3 is 9.72 Å². The highest BCUT2D eigenvalue weighted by Crippen LogP contribution is 2.21. The summed E-state index contributed by atoms with van der Waals surface area (Å²) in [5.74, 6) is 0.707. The number of H-pyrrole nitrogens is 1. The number of ether oxygens (including phenoxy) is 1. The van der Waals surface area contributed by atoms with E-state index in [0.717, 1.165) is 5.39 Å². The molecule has 4 heteroatoms. The molecule has 0 saturated carbocycles. The Morgan fingerprint density at radius 2 is 2.00 bits per heavy atom. The summed E-state index contributed by atoms with van der Waals surface area (Å²) >= 11 is 0. The van der Waals surface area contributed by atoms with Crippen molar-refractivity contribution < 1.29 is 4.74 Å². The van der Waals surface area contributed by atoms with E-state index in [2.05, 4.69) is 9.97 Å². The topological polar surface area (TPSA) is 55.0 Å². The van der Waals surface area contributed by atoms with Crippen LogP contribution in [0.2, 0.25) is 0 Å². The Kier molecular flexibility index (Phi) is 2.76. The third kappa shape index (κ3) is 2.08. The fraction of sp³-hybridized carbons (Fsp3) is 0.0667. The summed E-state index contributed by atoms with van der Waals surface area (Å²) in [5.41, 5.74) is 1.25. The number of aromatic amines is 1. The van der Waals surface area contributed by atoms with Crippen LogP contribution in [0.15, 0.2) is 53.5 Å². The van der Waals surface area contributed by atoms with Crippen LogP contribution in [-0.4, -0.2) is 17.1 Å². The highest BCUT2D eigenvalue weighted by atomic mass is 16.5. The number of methoxy groups -OCH3 is 1. The molecule has 0 atom stereocenters. The zero-order valence-electron chi connectivity index (χ0n) is 10.4. The molecule has 0 fully saturated rings. The number of aromatic nitrogens is 2. The van der Waals surface area contributed by atoms with Crippen molar-refractivity contribution in [3.8, 4) is 17.1 Å². The minimum atomic E-state index is -0.113. The molecule has 0 unspecified atom stereocenters. The van der Waals surface area contributed by atoms with Gasteiger partial charge in [-0.1, -0.05) is 18.2 Å². The molecule has 19 heavy (non-hydrogen) atoms. The maximum absolute atomic E-state index is 12.0. The van der Waals surface area contributed by atoms with Crippen molar-refractivity contribution in [1.82, 2.24) is 9.97 Å². The number of rotatable bonds is 2. The Balaban J connectivity index is 2.22. The van der Waals surface area contributed by atoms with Crippen molar-refractivity contribution >= 4 is 10.8 Å². The molecule has 0 bridgehead atoms. The van der Waals surface area contributed by atoms with Gasteiger partial charge in [0.1, 0.15) is 5.75 Å². The largest absolute Gasteiger partial charge is 0.497 e. The quantitative estimate of drug-likeness (QED) is 0.762. The zero-order valence-corrected chi connectivity index (χ0v) is 10.4. The molecule has 1 aromatic carbocycles. The van der Waals surface area contributed by atoms with E-state index in [4.69, 9.17) is 4.74 Å². The molecule has 2 aromatic heterocycles. The molecular formula is C15H12N2O2. The van der Waals surface area contributed by atoms with Gasteiger partial charge in [-0.2, -0.15) is 0 Å². The van der Waals surface area contributed by atoms with E-state index in [1.54, 1.807) is 31.5 Å². The van der Waals surface area contributed by atoms with Gasteiger partial charge in [0.25, 0.3) is 5.56 Å². The molecule has 1 N–H and O–H groups in total. The summed E-state index contributed by atoms with van der Waals surface area (Å²) in [4.78, 5) is 19.1. The third-order valence-corrected chi connectivity index (χ3v) is 3.00. The maximum Gasteiger partial charge on any atom is 0.256 e. The maximum atomic E-state index is 12.0. The Morgan fingerprint density at radius 1 is 1.16 bits per heavy atom. The van der Waals surface area contributed by atoms with Crippen molar-refractivity contribution in [3.05, 3.63) is 59.0 Å². The van der Waals surface area contributed by atoms with Gasteiger partial charge >= 0.3 is 0 Å². The van der Waals surface area contributed by atoms with Crippen LogP contribution in [-0.2, 0) is 0 Å². The van der Waals surface area contributed by atoms with Gasteiger partial charge in [-0.15, -0.1) is 0 Å². The lowest BCUT2D eigenvalue weighted by Gasteiger charge is -2.05. The molecule has 0 aliphatic carbocycles. The third-order valence-electron chi connectivity index (χ3n) is 3.00. The smallest absolute Gasteiger partial charge is 0.256 e. The number of pyridine rings is 2. The Morgan fingerprint density at radius 3 is 2.84 bits per heavy atom. The first-order valence-corrected chi connectivity index (χ1v) is 5.90. The second-order valence-corrected chi connectivity index (χ2v) is 4.18. The number of hydrogen-bond donors (Lipinski definition) is 1. The monoisotopic (exact) mass is 252 g/mol. The zero-order chi connectivity index (χ0) is 13.2. The lowest BCUT2D eigenvalue weighted by atomic mass is 10.1. The van der Waals surface area contributed by atoms with Gasteiger partial charge in [0.05, 0.1) is 18.5 Å². The second kappa shape index (κ2) is 4.57. The molecule has 0 aliphatic rings. The molecule has 0 aliphatic heterocycles. The predicted molar refractivity (Wildman–Crippen MR) is 74.4 cm³/mol. The van der Waals surface area contributed by atoms with Gasteiger partial charge in [0.2, 0.25) is 0 Å². The van der Waals surface area contributed by atoms with Crippen LogP contribution in [0.4, 0.5) is 0 Å². The van der Waals surface area contributed by atoms with Gasteiger partial charge in [0.15, 0.2) is 0 Å². The van der Waals surface area contributed by atoms with Crippen LogP contribution in [0.1, 0.15) is 0 Å². The van der Waals surface area contributed by atoms with Crippen molar-refractivity contribution in [2.24, 2.45) is 0 Å². The molecule has 3 aromatic rings. The van der Waals surface area contributed by atoms with E-state index in [1.807, 2.05) is 24.3 Å². The van der Waals surface area contributed by atoms with E-state index in [0.29, 0.717) is 22.5 Å². The lowest BCUT2D eigenvalue weighted by Crippen LogP contribution is -2.07. The average molecular weight is 252 g/mol. The summed E-state index contributed by atoms with van der Waals surface area (Å²) in [6.07, 6.45) is 1.65. The van der Waals surface area contributed by atoms with E-state index in [-0.39, 0.29) is 5.56 Å². The van der Waals surface area contributed by atoms with Crippen LogP contribution >= 0.6 is 0 Å². The highest BCUT2D eigenvalue weighted by Gasteiger charge is 2.05. The predicted octanol–water partition coefficient (Wildman–Crippen LogP) is 2.60. The molecule has 0 amide bonds. The SMILES string of the molecule is COc1ccnc(-c2cc3ccccc3c(=O)[nH]2)c1. The van der Waals surface area contributed by atoms with E-state index in [1.165, 1.54) is 0 Å². The highest BCUT2D eigenvalue weighted by molar-refractivity contribution is 5.84. The standard InChI is InChI=1S/C15H12N2O2/c1-19-11-6-7-16-13(9-11)14-8-10-4-2-3-5-12(10)15(18)17-14/h2-9H,1H3,(H,17,18). The summed E-state index contributed by atoms with van der Waals surface area (Å²) < 4.78 is 5.16. The normalized spacial score (nSPS) is 10.6. The molecule has 0 spiro atoms. The number of nitrogens with zero attached hydrogens (tertiary/aromatic N) is 1. The summed E-state index contributed by atoms with van der Waals surface area (Å²) in [6, 6.07) is 12.9. The van der Waals surface area contributed by atoms with Gasteiger partial charge in [-0.25, -0.2) is 0 Å². The van der Waals surface area contributed by atoms with Crippen LogP contribution in [0.25, 0.3) is 22.2 Å². The molecular weight excluding hydrogens is 240 g/mol. The van der Waals surface area contributed by atoms with Gasteiger partial charge in [-0.05, 0) is 23.6 Å². The first-order chi connectivity index (χ1) is 9.28. The lowest BCUT2D eigenvalue weighted by molar-refractivity contribution is 0.414. The van der Waals surface area contributed by atoms with E-state index in [9.17, 15) is 4.79 Å². The first-order valence-electron chi connectivity index (χ1n) is 5.90. The average Bonchev–Trinajstić information content (AvgIpc) is 2.47. The van der Waals surface area contributed by atoms with Crippen LogP contribution < -0.4 is 10.3 Å². The number of nitrogens with one attached hydrogen (secondary N) is 1. The summed E-state index contributed by atoms with van der Waals surface area (Å²) in [7, 11) is 1.60. The minimum Gasteiger partial charge on any atom is -0.497 e. The summed E-state index contributed by atoms with van der Waals surface area (Å²) in [6.45, 7) is 0. The van der Waals surface area contributed by atoms with Crippen molar-refractivity contribution in [2.45, 2.75) is 0 Å². The Hall–Kier alpha value is -2.62. The van der Waals surface area contributed by atoms with Crippen LogP contribution in [0.3, 0.4) is 0 Å². The van der Waals surface area contributed by atoms with Gasteiger partial charge in [-0.3, -0.25) is 9.78 Å². The second-order valence-electron chi connectivity index (χ2n) is 4.18. The van der Waals surface area contributed by atoms with E-state index < -0.39 is 0 Å². The number of benzene rings is 1. The number of fused-ring (bicyclic) bond motifs is 1. The van der Waals surface area contributed by atoms with Crippen LogP contribution in [0.5, 0.6) is 5.75 Å². The van der Waals surface area contributed by atoms with Gasteiger partial charge in [0, 0.05) is 17.6 Å². The Labute approximate surface area is 109 Å².